The minimum Gasteiger partial charge on any atom is -0.364 e. The first-order valence-corrected chi connectivity index (χ1v) is 9.85. The Morgan fingerprint density at radius 1 is 1.10 bits per heavy atom. The average molecular weight is 433 g/mol. The molecule has 1 amide bonds. The third-order valence-electron chi connectivity index (χ3n) is 5.45. The van der Waals surface area contributed by atoms with Gasteiger partial charge in [-0.3, -0.25) is 14.1 Å². The Labute approximate surface area is 176 Å². The molecule has 4 rings (SSSR count). The zero-order valence-corrected chi connectivity index (χ0v) is 17.1. The summed E-state index contributed by atoms with van der Waals surface area (Å²) in [6, 6.07) is 2.85. The predicted molar refractivity (Wildman–Crippen MR) is 109 cm³/mol. The van der Waals surface area contributed by atoms with Crippen molar-refractivity contribution >= 4 is 17.4 Å². The Bertz CT molecular complexity index is 1120. The van der Waals surface area contributed by atoms with Gasteiger partial charge >= 0.3 is 6.18 Å². The highest BCUT2D eigenvalue weighted by atomic mass is 19.4. The molecule has 31 heavy (non-hydrogen) atoms. The number of rotatable bonds is 4. The molecule has 1 aliphatic heterocycles. The lowest BCUT2D eigenvalue weighted by Gasteiger charge is -2.37. The Kier molecular flexibility index (Phi) is 5.29. The highest BCUT2D eigenvalue weighted by molar-refractivity contribution is 5.90. The molecule has 4 heterocycles. The van der Waals surface area contributed by atoms with Gasteiger partial charge in [-0.1, -0.05) is 0 Å². The fourth-order valence-corrected chi connectivity index (χ4v) is 3.71. The van der Waals surface area contributed by atoms with Gasteiger partial charge in [-0.05, 0) is 26.0 Å². The van der Waals surface area contributed by atoms with Gasteiger partial charge in [0.2, 0.25) is 0 Å². The maximum Gasteiger partial charge on any atom is 0.418 e. The summed E-state index contributed by atoms with van der Waals surface area (Å²) in [5.41, 5.74) is 4.44. The van der Waals surface area contributed by atoms with Crippen LogP contribution in [-0.4, -0.2) is 62.4 Å². The van der Waals surface area contributed by atoms with Crippen LogP contribution in [0.4, 0.5) is 19.0 Å². The van der Waals surface area contributed by atoms with Gasteiger partial charge in [0.05, 0.1) is 23.7 Å². The van der Waals surface area contributed by atoms with Crippen LogP contribution < -0.4 is 10.6 Å². The molecule has 1 aliphatic rings. The summed E-state index contributed by atoms with van der Waals surface area (Å²) in [6.45, 7) is 7.17. The number of primary amides is 1. The lowest BCUT2D eigenvalue weighted by atomic mass is 10.1. The Morgan fingerprint density at radius 3 is 2.42 bits per heavy atom. The first-order chi connectivity index (χ1) is 14.6. The molecule has 11 heteroatoms. The van der Waals surface area contributed by atoms with E-state index in [9.17, 15) is 18.0 Å². The van der Waals surface area contributed by atoms with Crippen LogP contribution in [0.15, 0.2) is 30.7 Å². The van der Waals surface area contributed by atoms with Gasteiger partial charge in [0.25, 0.3) is 5.91 Å². The van der Waals surface area contributed by atoms with E-state index in [1.807, 2.05) is 4.90 Å². The Balaban J connectivity index is 1.79. The first-order valence-electron chi connectivity index (χ1n) is 9.85. The molecule has 0 atom stereocenters. The highest BCUT2D eigenvalue weighted by Crippen LogP contribution is 2.37. The van der Waals surface area contributed by atoms with Crippen molar-refractivity contribution in [1.29, 1.82) is 0 Å². The van der Waals surface area contributed by atoms with E-state index in [0.29, 0.717) is 24.9 Å². The van der Waals surface area contributed by atoms with Crippen molar-refractivity contribution in [3.8, 4) is 11.4 Å². The van der Waals surface area contributed by atoms with Crippen LogP contribution in [0, 0.1) is 0 Å². The average Bonchev–Trinajstić information content (AvgIpc) is 3.16. The number of pyridine rings is 1. The van der Waals surface area contributed by atoms with Crippen molar-refractivity contribution in [2.24, 2.45) is 5.73 Å². The minimum absolute atomic E-state index is 0.0822. The molecule has 1 saturated heterocycles. The van der Waals surface area contributed by atoms with Crippen molar-refractivity contribution in [2.75, 3.05) is 31.1 Å². The van der Waals surface area contributed by atoms with Crippen molar-refractivity contribution in [3.05, 3.63) is 42.0 Å². The van der Waals surface area contributed by atoms with Crippen LogP contribution in [0.25, 0.3) is 17.0 Å². The SMILES string of the molecule is CC(C)N1CCN(c2ccc(C(F)(F)F)c(-c3cnc4cnc(C(N)=O)cn34)n2)CC1. The zero-order valence-electron chi connectivity index (χ0n) is 17.1. The number of hydrogen-bond donors (Lipinski definition) is 1. The number of imidazole rings is 1. The number of amides is 1. The summed E-state index contributed by atoms with van der Waals surface area (Å²) < 4.78 is 42.7. The van der Waals surface area contributed by atoms with Crippen LogP contribution in [0.1, 0.15) is 29.9 Å². The summed E-state index contributed by atoms with van der Waals surface area (Å²) in [6.07, 6.45) is -0.761. The molecular weight excluding hydrogens is 411 g/mol. The number of nitrogens with two attached hydrogens (primary N) is 1. The van der Waals surface area contributed by atoms with E-state index in [2.05, 4.69) is 33.7 Å². The number of nitrogens with zero attached hydrogens (tertiary/aromatic N) is 6. The van der Waals surface area contributed by atoms with Crippen molar-refractivity contribution in [1.82, 2.24) is 24.3 Å². The molecule has 2 N–H and O–H groups in total. The third kappa shape index (κ3) is 4.05. The summed E-state index contributed by atoms with van der Waals surface area (Å²) in [5.74, 6) is -0.326. The van der Waals surface area contributed by atoms with E-state index in [1.165, 1.54) is 29.1 Å². The molecule has 0 saturated carbocycles. The van der Waals surface area contributed by atoms with Gasteiger partial charge in [0, 0.05) is 38.4 Å². The number of alkyl halides is 3. The van der Waals surface area contributed by atoms with Gasteiger partial charge in [-0.2, -0.15) is 13.2 Å². The van der Waals surface area contributed by atoms with E-state index < -0.39 is 17.6 Å². The standard InChI is InChI=1S/C20H22F3N7O/c1-12(2)28-5-7-29(8-6-28)16-4-3-13(20(21,22)23)18(27-16)15-9-26-17-10-25-14(19(24)31)11-30(15)17/h3-4,9-12H,5-8H2,1-2H3,(H2,24,31). The Hall–Kier alpha value is -3.21. The number of piperazine rings is 1. The van der Waals surface area contributed by atoms with Gasteiger partial charge in [-0.25, -0.2) is 15.0 Å². The van der Waals surface area contributed by atoms with Crippen molar-refractivity contribution in [2.45, 2.75) is 26.1 Å². The van der Waals surface area contributed by atoms with E-state index in [0.717, 1.165) is 19.2 Å². The number of halogens is 3. The molecule has 0 bridgehead atoms. The number of anilines is 1. The smallest absolute Gasteiger partial charge is 0.364 e. The molecule has 0 aromatic carbocycles. The lowest BCUT2D eigenvalue weighted by Crippen LogP contribution is -2.49. The summed E-state index contributed by atoms with van der Waals surface area (Å²) in [4.78, 5) is 28.2. The second-order valence-corrected chi connectivity index (χ2v) is 7.69. The number of fused-ring (bicyclic) bond motifs is 1. The minimum atomic E-state index is -4.61. The molecule has 0 spiro atoms. The van der Waals surface area contributed by atoms with Gasteiger partial charge in [0.15, 0.2) is 5.65 Å². The molecular formula is C20H22F3N7O. The summed E-state index contributed by atoms with van der Waals surface area (Å²) in [7, 11) is 0. The first kappa shape index (κ1) is 21.0. The molecule has 0 aliphatic carbocycles. The summed E-state index contributed by atoms with van der Waals surface area (Å²) >= 11 is 0. The molecule has 0 unspecified atom stereocenters. The Morgan fingerprint density at radius 2 is 1.81 bits per heavy atom. The maximum atomic E-state index is 13.8. The third-order valence-corrected chi connectivity index (χ3v) is 5.45. The summed E-state index contributed by atoms with van der Waals surface area (Å²) in [5, 5.41) is 0. The van der Waals surface area contributed by atoms with Crippen LogP contribution >= 0.6 is 0 Å². The normalized spacial score (nSPS) is 15.7. The number of hydrogen-bond acceptors (Lipinski definition) is 6. The van der Waals surface area contributed by atoms with Crippen molar-refractivity contribution < 1.29 is 18.0 Å². The van der Waals surface area contributed by atoms with Crippen LogP contribution in [0.2, 0.25) is 0 Å². The zero-order chi connectivity index (χ0) is 22.3. The quantitative estimate of drug-likeness (QED) is 0.680. The van der Waals surface area contributed by atoms with Crippen LogP contribution in [-0.2, 0) is 6.18 Å². The fourth-order valence-electron chi connectivity index (χ4n) is 3.71. The highest BCUT2D eigenvalue weighted by Gasteiger charge is 2.36. The van der Waals surface area contributed by atoms with Crippen LogP contribution in [0.5, 0.6) is 0 Å². The van der Waals surface area contributed by atoms with Crippen LogP contribution in [0.3, 0.4) is 0 Å². The second kappa shape index (κ2) is 7.80. The maximum absolute atomic E-state index is 13.8. The molecule has 0 radical (unpaired) electrons. The molecule has 8 nitrogen and oxygen atoms in total. The molecule has 3 aromatic rings. The van der Waals surface area contributed by atoms with E-state index in [-0.39, 0.29) is 22.7 Å². The van der Waals surface area contributed by atoms with E-state index in [1.54, 1.807) is 0 Å². The van der Waals surface area contributed by atoms with E-state index in [4.69, 9.17) is 5.73 Å². The fraction of sp³-hybridized carbons (Fsp3) is 0.400. The lowest BCUT2D eigenvalue weighted by molar-refractivity contribution is -0.137. The van der Waals surface area contributed by atoms with Crippen molar-refractivity contribution in [3.63, 3.8) is 0 Å². The number of carbonyl (C=O) groups is 1. The largest absolute Gasteiger partial charge is 0.418 e. The van der Waals surface area contributed by atoms with Gasteiger partial charge in [0.1, 0.15) is 17.2 Å². The van der Waals surface area contributed by atoms with Gasteiger partial charge < -0.3 is 10.6 Å². The van der Waals surface area contributed by atoms with Gasteiger partial charge in [-0.15, -0.1) is 0 Å². The number of aromatic nitrogens is 4. The number of carbonyl (C=O) groups excluding carboxylic acids is 1. The predicted octanol–water partition coefficient (Wildman–Crippen LogP) is 2.44. The molecule has 3 aromatic heterocycles. The second-order valence-electron chi connectivity index (χ2n) is 7.69. The van der Waals surface area contributed by atoms with E-state index >= 15 is 0 Å². The monoisotopic (exact) mass is 433 g/mol. The molecule has 1 fully saturated rings. The molecule has 164 valence electrons. The topological polar surface area (TPSA) is 92.6 Å².